The highest BCUT2D eigenvalue weighted by Gasteiger charge is 2.21. The number of nitrogens with zero attached hydrogens (tertiary/aromatic N) is 1. The summed E-state index contributed by atoms with van der Waals surface area (Å²) in [5.41, 5.74) is 0. The lowest BCUT2D eigenvalue weighted by molar-refractivity contribution is 0.131. The van der Waals surface area contributed by atoms with Gasteiger partial charge >= 0.3 is 0 Å². The first-order valence-corrected chi connectivity index (χ1v) is 5.68. The zero-order chi connectivity index (χ0) is 9.68. The van der Waals surface area contributed by atoms with Crippen LogP contribution in [0.5, 0.6) is 0 Å². The largest absolute Gasteiger partial charge is 0.316 e. The fourth-order valence-electron chi connectivity index (χ4n) is 2.19. The fraction of sp³-hybridized carbons (Fsp3) is 1.00. The molecule has 1 N–H and O–H groups in total. The first kappa shape index (κ1) is 11.0. The molecule has 78 valence electrons. The van der Waals surface area contributed by atoms with Crippen LogP contribution in [0.3, 0.4) is 0 Å². The van der Waals surface area contributed by atoms with Gasteiger partial charge in [-0.15, -0.1) is 0 Å². The zero-order valence-electron chi connectivity index (χ0n) is 9.34. The number of hydrogen-bond donors (Lipinski definition) is 1. The summed E-state index contributed by atoms with van der Waals surface area (Å²) < 4.78 is 0. The second-order valence-electron chi connectivity index (χ2n) is 4.37. The summed E-state index contributed by atoms with van der Waals surface area (Å²) in [6, 6.07) is 0.794. The highest BCUT2D eigenvalue weighted by atomic mass is 15.2. The van der Waals surface area contributed by atoms with Crippen LogP contribution in [0.4, 0.5) is 0 Å². The normalized spacial score (nSPS) is 30.7. The Kier molecular flexibility index (Phi) is 4.74. The highest BCUT2D eigenvalue weighted by Crippen LogP contribution is 2.21. The number of hydrogen-bond acceptors (Lipinski definition) is 2. The molecule has 1 fully saturated rings. The molecule has 0 aliphatic carbocycles. The molecule has 1 saturated heterocycles. The van der Waals surface area contributed by atoms with E-state index in [1.165, 1.54) is 25.9 Å². The maximum Gasteiger partial charge on any atom is 0.0110 e. The third kappa shape index (κ3) is 3.65. The molecule has 0 saturated carbocycles. The molecule has 13 heavy (non-hydrogen) atoms. The molecule has 2 heteroatoms. The van der Waals surface area contributed by atoms with Crippen molar-refractivity contribution in [3.63, 3.8) is 0 Å². The van der Waals surface area contributed by atoms with Gasteiger partial charge in [-0.05, 0) is 38.8 Å². The molecule has 1 aliphatic heterocycles. The SMILES string of the molecule is CCNCCN1CCC(C)CC1C. The molecule has 1 rings (SSSR count). The van der Waals surface area contributed by atoms with E-state index in [1.54, 1.807) is 0 Å². The third-order valence-electron chi connectivity index (χ3n) is 3.10. The number of likely N-dealkylation sites (N-methyl/N-ethyl adjacent to an activating group) is 1. The summed E-state index contributed by atoms with van der Waals surface area (Å²) >= 11 is 0. The molecule has 0 bridgehead atoms. The third-order valence-corrected chi connectivity index (χ3v) is 3.10. The Labute approximate surface area is 82.7 Å². The van der Waals surface area contributed by atoms with Crippen LogP contribution < -0.4 is 5.32 Å². The van der Waals surface area contributed by atoms with Crippen molar-refractivity contribution in [3.8, 4) is 0 Å². The van der Waals surface area contributed by atoms with Crippen LogP contribution in [-0.2, 0) is 0 Å². The van der Waals surface area contributed by atoms with Crippen molar-refractivity contribution in [3.05, 3.63) is 0 Å². The summed E-state index contributed by atoms with van der Waals surface area (Å²) in [5.74, 6) is 0.936. The standard InChI is InChI=1S/C11H24N2/c1-4-12-6-8-13-7-5-10(2)9-11(13)3/h10-12H,4-9H2,1-3H3. The molecule has 2 unspecified atom stereocenters. The smallest absolute Gasteiger partial charge is 0.0110 e. The molecule has 2 atom stereocenters. The van der Waals surface area contributed by atoms with E-state index in [0.717, 1.165) is 25.0 Å². The van der Waals surface area contributed by atoms with Gasteiger partial charge in [-0.25, -0.2) is 0 Å². The summed E-state index contributed by atoms with van der Waals surface area (Å²) in [5, 5.41) is 3.39. The summed E-state index contributed by atoms with van der Waals surface area (Å²) in [6.45, 7) is 11.7. The highest BCUT2D eigenvalue weighted by molar-refractivity contribution is 4.76. The van der Waals surface area contributed by atoms with E-state index in [0.29, 0.717) is 0 Å². The number of nitrogens with one attached hydrogen (secondary N) is 1. The van der Waals surface area contributed by atoms with Crippen molar-refractivity contribution in [2.45, 2.75) is 39.7 Å². The number of piperidine rings is 1. The van der Waals surface area contributed by atoms with E-state index < -0.39 is 0 Å². The topological polar surface area (TPSA) is 15.3 Å². The molecule has 0 aromatic carbocycles. The summed E-state index contributed by atoms with van der Waals surface area (Å²) in [6.07, 6.45) is 2.77. The second-order valence-corrected chi connectivity index (χ2v) is 4.37. The predicted octanol–water partition coefficient (Wildman–Crippen LogP) is 1.72. The van der Waals surface area contributed by atoms with Crippen LogP contribution in [0, 0.1) is 5.92 Å². The van der Waals surface area contributed by atoms with E-state index in [2.05, 4.69) is 31.0 Å². The quantitative estimate of drug-likeness (QED) is 0.669. The minimum absolute atomic E-state index is 0.794. The molecule has 0 spiro atoms. The van der Waals surface area contributed by atoms with Crippen LogP contribution in [0.2, 0.25) is 0 Å². The molecule has 2 nitrogen and oxygen atoms in total. The zero-order valence-corrected chi connectivity index (χ0v) is 9.34. The Morgan fingerprint density at radius 3 is 2.77 bits per heavy atom. The monoisotopic (exact) mass is 184 g/mol. The van der Waals surface area contributed by atoms with Gasteiger partial charge in [0.25, 0.3) is 0 Å². The Morgan fingerprint density at radius 1 is 1.38 bits per heavy atom. The minimum atomic E-state index is 0.794. The Morgan fingerprint density at radius 2 is 2.15 bits per heavy atom. The molecule has 0 amide bonds. The molecule has 0 radical (unpaired) electrons. The predicted molar refractivity (Wildman–Crippen MR) is 58.0 cm³/mol. The Balaban J connectivity index is 2.18. The van der Waals surface area contributed by atoms with E-state index in [4.69, 9.17) is 0 Å². The molecular formula is C11H24N2. The van der Waals surface area contributed by atoms with E-state index in [-0.39, 0.29) is 0 Å². The first-order valence-electron chi connectivity index (χ1n) is 5.68. The van der Waals surface area contributed by atoms with E-state index >= 15 is 0 Å². The summed E-state index contributed by atoms with van der Waals surface area (Å²) in [4.78, 5) is 2.61. The average Bonchev–Trinajstić information content (AvgIpc) is 2.09. The van der Waals surface area contributed by atoms with Crippen molar-refractivity contribution in [2.24, 2.45) is 5.92 Å². The van der Waals surface area contributed by atoms with Crippen LogP contribution >= 0.6 is 0 Å². The number of likely N-dealkylation sites (tertiary alicyclic amines) is 1. The van der Waals surface area contributed by atoms with Gasteiger partial charge in [0.2, 0.25) is 0 Å². The van der Waals surface area contributed by atoms with Gasteiger partial charge in [0.05, 0.1) is 0 Å². The van der Waals surface area contributed by atoms with Crippen molar-refractivity contribution in [1.29, 1.82) is 0 Å². The lowest BCUT2D eigenvalue weighted by atomic mass is 9.93. The first-order chi connectivity index (χ1) is 6.24. The lowest BCUT2D eigenvalue weighted by Gasteiger charge is -2.36. The molecule has 1 aliphatic rings. The molecule has 0 aromatic heterocycles. The fourth-order valence-corrected chi connectivity index (χ4v) is 2.19. The number of rotatable bonds is 4. The van der Waals surface area contributed by atoms with Crippen LogP contribution in [0.1, 0.15) is 33.6 Å². The Bertz CT molecular complexity index is 136. The molecule has 0 aromatic rings. The molecular weight excluding hydrogens is 160 g/mol. The van der Waals surface area contributed by atoms with Gasteiger partial charge in [0, 0.05) is 19.1 Å². The molecule has 1 heterocycles. The van der Waals surface area contributed by atoms with Gasteiger partial charge in [-0.1, -0.05) is 13.8 Å². The average molecular weight is 184 g/mol. The van der Waals surface area contributed by atoms with Crippen LogP contribution in [0.15, 0.2) is 0 Å². The van der Waals surface area contributed by atoms with Gasteiger partial charge < -0.3 is 5.32 Å². The van der Waals surface area contributed by atoms with Gasteiger partial charge in [-0.3, -0.25) is 4.90 Å². The van der Waals surface area contributed by atoms with Crippen LogP contribution in [-0.4, -0.2) is 37.1 Å². The van der Waals surface area contributed by atoms with E-state index in [9.17, 15) is 0 Å². The summed E-state index contributed by atoms with van der Waals surface area (Å²) in [7, 11) is 0. The van der Waals surface area contributed by atoms with Gasteiger partial charge in [0.1, 0.15) is 0 Å². The minimum Gasteiger partial charge on any atom is -0.316 e. The maximum atomic E-state index is 3.39. The van der Waals surface area contributed by atoms with Crippen molar-refractivity contribution < 1.29 is 0 Å². The van der Waals surface area contributed by atoms with Crippen LogP contribution in [0.25, 0.3) is 0 Å². The van der Waals surface area contributed by atoms with Crippen molar-refractivity contribution >= 4 is 0 Å². The lowest BCUT2D eigenvalue weighted by Crippen LogP contribution is -2.43. The Hall–Kier alpha value is -0.0800. The second kappa shape index (κ2) is 5.61. The maximum absolute atomic E-state index is 3.39. The van der Waals surface area contributed by atoms with Crippen molar-refractivity contribution in [1.82, 2.24) is 10.2 Å². The van der Waals surface area contributed by atoms with Gasteiger partial charge in [0.15, 0.2) is 0 Å². The van der Waals surface area contributed by atoms with E-state index in [1.807, 2.05) is 0 Å². The van der Waals surface area contributed by atoms with Gasteiger partial charge in [-0.2, -0.15) is 0 Å². The van der Waals surface area contributed by atoms with Crippen molar-refractivity contribution in [2.75, 3.05) is 26.2 Å².